The number of carbonyl (C=O) groups excluding carboxylic acids is 2. The summed E-state index contributed by atoms with van der Waals surface area (Å²) < 4.78 is 0. The van der Waals surface area contributed by atoms with Crippen LogP contribution in [0.15, 0.2) is 54.6 Å². The number of nitrogens with zero attached hydrogens (tertiary/aromatic N) is 2. The molecule has 0 aromatic heterocycles. The zero-order valence-corrected chi connectivity index (χ0v) is 17.8. The third-order valence-electron chi connectivity index (χ3n) is 5.86. The number of fused-ring (bicyclic) bond motifs is 1. The fourth-order valence-corrected chi connectivity index (χ4v) is 4.50. The van der Waals surface area contributed by atoms with Crippen molar-refractivity contribution in [3.05, 3.63) is 65.2 Å². The molecule has 2 aromatic carbocycles. The van der Waals surface area contributed by atoms with Gasteiger partial charge in [-0.15, -0.1) is 0 Å². The lowest BCUT2D eigenvalue weighted by atomic mass is 9.84. The van der Waals surface area contributed by atoms with Crippen LogP contribution in [0.5, 0.6) is 0 Å². The Labute approximate surface area is 182 Å². The van der Waals surface area contributed by atoms with Crippen LogP contribution in [0.2, 0.25) is 5.02 Å². The minimum atomic E-state index is -0.305. The van der Waals surface area contributed by atoms with E-state index in [4.69, 9.17) is 11.6 Å². The molecule has 0 bridgehead atoms. The number of benzene rings is 2. The molecule has 2 amide bonds. The number of hydrogen-bond donors (Lipinski definition) is 2. The average Bonchev–Trinajstić information content (AvgIpc) is 3.10. The molecule has 2 saturated heterocycles. The summed E-state index contributed by atoms with van der Waals surface area (Å²) in [6.45, 7) is 4.75. The Morgan fingerprint density at radius 2 is 1.87 bits per heavy atom. The number of likely N-dealkylation sites (tertiary alicyclic amines) is 1. The van der Waals surface area contributed by atoms with Gasteiger partial charge in [-0.2, -0.15) is 0 Å². The Kier molecular flexibility index (Phi) is 6.37. The van der Waals surface area contributed by atoms with E-state index in [2.05, 4.69) is 22.6 Å². The lowest BCUT2D eigenvalue weighted by molar-refractivity contribution is -0.130. The van der Waals surface area contributed by atoms with Gasteiger partial charge < -0.3 is 10.2 Å². The van der Waals surface area contributed by atoms with Crippen molar-refractivity contribution in [1.29, 1.82) is 0 Å². The quantitative estimate of drug-likeness (QED) is 0.745. The van der Waals surface area contributed by atoms with Gasteiger partial charge in [0, 0.05) is 24.7 Å². The molecular weight excluding hydrogens is 400 g/mol. The average molecular weight is 427 g/mol. The molecule has 3 unspecified atom stereocenters. The second-order valence-electron chi connectivity index (χ2n) is 7.98. The van der Waals surface area contributed by atoms with Crippen LogP contribution in [-0.2, 0) is 16.1 Å². The van der Waals surface area contributed by atoms with Crippen LogP contribution in [0.3, 0.4) is 0 Å². The van der Waals surface area contributed by atoms with Gasteiger partial charge in [-0.3, -0.25) is 9.59 Å². The standard InChI is InChI=1S/C23H27ClN4O2/c1-2-12-27-14-19(22(29)25-13-16-8-10-17(24)11-9-16)21-20(15-27)23(30)28(26-21)18-6-4-3-5-7-18/h3-11,19-21,26H,2,12-15H2,1H3,(H,25,29). The van der Waals surface area contributed by atoms with Crippen molar-refractivity contribution in [3.63, 3.8) is 0 Å². The molecule has 2 aliphatic rings. The first-order valence-corrected chi connectivity index (χ1v) is 10.8. The van der Waals surface area contributed by atoms with Crippen LogP contribution in [0.1, 0.15) is 18.9 Å². The third kappa shape index (κ3) is 4.36. The number of para-hydroxylation sites is 1. The first-order valence-electron chi connectivity index (χ1n) is 10.5. The number of piperidine rings is 1. The molecule has 2 aliphatic heterocycles. The Balaban J connectivity index is 1.51. The van der Waals surface area contributed by atoms with Gasteiger partial charge in [0.2, 0.25) is 11.8 Å². The summed E-state index contributed by atoms with van der Waals surface area (Å²) in [5, 5.41) is 5.34. The fraction of sp³-hybridized carbons (Fsp3) is 0.391. The van der Waals surface area contributed by atoms with Crippen molar-refractivity contribution in [3.8, 4) is 0 Å². The Morgan fingerprint density at radius 1 is 1.13 bits per heavy atom. The number of hydrazine groups is 1. The summed E-state index contributed by atoms with van der Waals surface area (Å²) >= 11 is 5.94. The molecule has 3 atom stereocenters. The van der Waals surface area contributed by atoms with Gasteiger partial charge in [-0.05, 0) is 42.8 Å². The van der Waals surface area contributed by atoms with Crippen LogP contribution < -0.4 is 15.8 Å². The molecule has 0 radical (unpaired) electrons. The largest absolute Gasteiger partial charge is 0.352 e. The van der Waals surface area contributed by atoms with Gasteiger partial charge in [-0.1, -0.05) is 48.9 Å². The highest BCUT2D eigenvalue weighted by molar-refractivity contribution is 6.30. The van der Waals surface area contributed by atoms with Crippen molar-refractivity contribution in [2.75, 3.05) is 24.6 Å². The molecule has 2 fully saturated rings. The molecule has 2 N–H and O–H groups in total. The van der Waals surface area contributed by atoms with E-state index in [1.54, 1.807) is 5.01 Å². The lowest BCUT2D eigenvalue weighted by Crippen LogP contribution is -2.57. The zero-order valence-electron chi connectivity index (χ0n) is 17.1. The second kappa shape index (κ2) is 9.16. The van der Waals surface area contributed by atoms with Crippen LogP contribution in [-0.4, -0.2) is 42.4 Å². The van der Waals surface area contributed by atoms with Gasteiger partial charge in [0.15, 0.2) is 0 Å². The molecular formula is C23H27ClN4O2. The van der Waals surface area contributed by atoms with E-state index in [1.807, 2.05) is 54.6 Å². The maximum atomic E-state index is 13.2. The zero-order chi connectivity index (χ0) is 21.1. The molecule has 2 heterocycles. The number of halogens is 1. The van der Waals surface area contributed by atoms with Crippen LogP contribution in [0.4, 0.5) is 5.69 Å². The molecule has 7 heteroatoms. The molecule has 4 rings (SSSR count). The van der Waals surface area contributed by atoms with E-state index < -0.39 is 0 Å². The normalized spacial score (nSPS) is 24.0. The highest BCUT2D eigenvalue weighted by Gasteiger charge is 2.50. The monoisotopic (exact) mass is 426 g/mol. The number of carbonyl (C=O) groups is 2. The third-order valence-corrected chi connectivity index (χ3v) is 6.12. The van der Waals surface area contributed by atoms with Crippen molar-refractivity contribution in [1.82, 2.24) is 15.6 Å². The van der Waals surface area contributed by atoms with Gasteiger partial charge in [0.1, 0.15) is 0 Å². The summed E-state index contributed by atoms with van der Waals surface area (Å²) in [5.74, 6) is -0.546. The SMILES string of the molecule is CCCN1CC(C(=O)NCc2ccc(Cl)cc2)C2NN(c3ccccc3)C(=O)C2C1. The summed E-state index contributed by atoms with van der Waals surface area (Å²) in [7, 11) is 0. The maximum Gasteiger partial charge on any atom is 0.247 e. The smallest absolute Gasteiger partial charge is 0.247 e. The topological polar surface area (TPSA) is 64.7 Å². The first-order chi connectivity index (χ1) is 14.6. The highest BCUT2D eigenvalue weighted by Crippen LogP contribution is 2.32. The molecule has 0 spiro atoms. The van der Waals surface area contributed by atoms with Crippen LogP contribution in [0.25, 0.3) is 0 Å². The molecule has 6 nitrogen and oxygen atoms in total. The Bertz CT molecular complexity index is 890. The second-order valence-corrected chi connectivity index (χ2v) is 8.42. The predicted molar refractivity (Wildman–Crippen MR) is 118 cm³/mol. The van der Waals surface area contributed by atoms with E-state index in [9.17, 15) is 9.59 Å². The number of rotatable bonds is 6. The van der Waals surface area contributed by atoms with E-state index in [1.165, 1.54) is 0 Å². The van der Waals surface area contributed by atoms with E-state index in [0.717, 1.165) is 24.2 Å². The van der Waals surface area contributed by atoms with Crippen molar-refractivity contribution in [2.45, 2.75) is 25.9 Å². The minimum absolute atomic E-state index is 0.0301. The number of nitrogens with one attached hydrogen (secondary N) is 2. The fourth-order valence-electron chi connectivity index (χ4n) is 4.37. The molecule has 0 aliphatic carbocycles. The molecule has 158 valence electrons. The molecule has 30 heavy (non-hydrogen) atoms. The summed E-state index contributed by atoms with van der Waals surface area (Å²) in [5.41, 5.74) is 5.13. The van der Waals surface area contributed by atoms with Crippen molar-refractivity contribution in [2.24, 2.45) is 11.8 Å². The summed E-state index contributed by atoms with van der Waals surface area (Å²) in [6, 6.07) is 16.8. The van der Waals surface area contributed by atoms with Gasteiger partial charge in [0.25, 0.3) is 0 Å². The maximum absolute atomic E-state index is 13.2. The minimum Gasteiger partial charge on any atom is -0.352 e. The number of hydrogen-bond acceptors (Lipinski definition) is 4. The summed E-state index contributed by atoms with van der Waals surface area (Å²) in [4.78, 5) is 28.5. The van der Waals surface area contributed by atoms with Crippen LogP contribution in [0, 0.1) is 11.8 Å². The molecule has 2 aromatic rings. The Morgan fingerprint density at radius 3 is 2.57 bits per heavy atom. The van der Waals surface area contributed by atoms with Crippen molar-refractivity contribution >= 4 is 29.1 Å². The van der Waals surface area contributed by atoms with E-state index in [-0.39, 0.29) is 29.7 Å². The first kappa shape index (κ1) is 20.8. The Hall–Kier alpha value is -2.41. The van der Waals surface area contributed by atoms with Gasteiger partial charge >= 0.3 is 0 Å². The molecule has 0 saturated carbocycles. The van der Waals surface area contributed by atoms with Gasteiger partial charge in [0.05, 0.1) is 23.6 Å². The van der Waals surface area contributed by atoms with Gasteiger partial charge in [-0.25, -0.2) is 10.4 Å². The van der Waals surface area contributed by atoms with E-state index in [0.29, 0.717) is 24.7 Å². The highest BCUT2D eigenvalue weighted by atomic mass is 35.5. The van der Waals surface area contributed by atoms with Crippen LogP contribution >= 0.6 is 11.6 Å². The number of anilines is 1. The summed E-state index contributed by atoms with van der Waals surface area (Å²) in [6.07, 6.45) is 0.987. The van der Waals surface area contributed by atoms with Crippen molar-refractivity contribution < 1.29 is 9.59 Å². The lowest BCUT2D eigenvalue weighted by Gasteiger charge is -2.38. The van der Waals surface area contributed by atoms with E-state index >= 15 is 0 Å². The predicted octanol–water partition coefficient (Wildman–Crippen LogP) is 2.83. The number of amides is 2.